The van der Waals surface area contributed by atoms with Crippen LogP contribution in [0.25, 0.3) is 23.1 Å². The van der Waals surface area contributed by atoms with Crippen LogP contribution in [0.2, 0.25) is 5.02 Å². The maximum atomic E-state index is 14.0. The molecule has 0 spiro atoms. The van der Waals surface area contributed by atoms with Gasteiger partial charge in [0.05, 0.1) is 28.7 Å². The molecular weight excluding hydrogens is 483 g/mol. The Morgan fingerprint density at radius 1 is 0.971 bits per heavy atom. The van der Waals surface area contributed by atoms with Crippen LogP contribution in [-0.2, 0) is 12.3 Å². The van der Waals surface area contributed by atoms with E-state index in [1.165, 1.54) is 17.8 Å². The molecule has 5 rings (SSSR count). The maximum Gasteiger partial charge on any atom is 0.262 e. The van der Waals surface area contributed by atoms with Crippen LogP contribution >= 0.6 is 23.4 Å². The van der Waals surface area contributed by atoms with Gasteiger partial charge in [-0.1, -0.05) is 71.9 Å². The molecule has 0 saturated heterocycles. The normalized spacial score (nSPS) is 11.5. The molecule has 0 aliphatic rings. The molecule has 174 valence electrons. The molecule has 7 heteroatoms. The first-order valence-electron chi connectivity index (χ1n) is 10.9. The molecule has 0 aliphatic heterocycles. The van der Waals surface area contributed by atoms with E-state index in [0.717, 1.165) is 11.1 Å². The number of nitrogens with zero attached hydrogens (tertiary/aromatic N) is 2. The lowest BCUT2D eigenvalue weighted by Gasteiger charge is -2.12. The van der Waals surface area contributed by atoms with E-state index in [1.807, 2.05) is 54.6 Å². The van der Waals surface area contributed by atoms with Crippen LogP contribution in [0.1, 0.15) is 22.5 Å². The Hall–Kier alpha value is -3.61. The molecule has 2 aromatic heterocycles. The van der Waals surface area contributed by atoms with Crippen molar-refractivity contribution in [1.29, 1.82) is 0 Å². The molecule has 0 amide bonds. The monoisotopic (exact) mass is 502 g/mol. The van der Waals surface area contributed by atoms with E-state index < -0.39 is 0 Å². The van der Waals surface area contributed by atoms with Gasteiger partial charge in [0.15, 0.2) is 5.16 Å². The smallest absolute Gasteiger partial charge is 0.262 e. The summed E-state index contributed by atoms with van der Waals surface area (Å²) in [5.41, 5.74) is 2.94. The third-order valence-corrected chi connectivity index (χ3v) is 6.89. The predicted octanol–water partition coefficient (Wildman–Crippen LogP) is 7.29. The number of fused-ring (bicyclic) bond motifs is 1. The highest BCUT2D eigenvalue weighted by Crippen LogP contribution is 2.25. The molecular formula is C28H20ClFN2O2S. The zero-order chi connectivity index (χ0) is 24.2. The van der Waals surface area contributed by atoms with Crippen molar-refractivity contribution in [2.45, 2.75) is 17.5 Å². The standard InChI is InChI=1S/C28H20ClFN2O2S/c29-24-7-3-8-25(30)22(24)15-14-19-10-12-20(13-11-19)18-35-28-31-26-9-2-1-6-23(26)27(33)32(28)17-21-5-4-16-34-21/h1-16H,17-18H2/b15-14+. The van der Waals surface area contributed by atoms with E-state index in [1.54, 1.807) is 41.2 Å². The second-order valence-electron chi connectivity index (χ2n) is 7.88. The molecule has 0 atom stereocenters. The average molecular weight is 503 g/mol. The van der Waals surface area contributed by atoms with Gasteiger partial charge in [0, 0.05) is 11.3 Å². The van der Waals surface area contributed by atoms with Crippen LogP contribution in [0.4, 0.5) is 4.39 Å². The number of benzene rings is 3. The lowest BCUT2D eigenvalue weighted by Crippen LogP contribution is -2.23. The van der Waals surface area contributed by atoms with Crippen molar-refractivity contribution in [3.8, 4) is 0 Å². The average Bonchev–Trinajstić information content (AvgIpc) is 3.38. The first-order valence-corrected chi connectivity index (χ1v) is 12.3. The molecule has 0 aliphatic carbocycles. The lowest BCUT2D eigenvalue weighted by atomic mass is 10.1. The predicted molar refractivity (Wildman–Crippen MR) is 140 cm³/mol. The van der Waals surface area contributed by atoms with Crippen LogP contribution in [0.5, 0.6) is 0 Å². The van der Waals surface area contributed by atoms with Crippen molar-refractivity contribution >= 4 is 46.4 Å². The summed E-state index contributed by atoms with van der Waals surface area (Å²) in [4.78, 5) is 17.9. The topological polar surface area (TPSA) is 48.0 Å². The van der Waals surface area contributed by atoms with Crippen molar-refractivity contribution < 1.29 is 8.81 Å². The van der Waals surface area contributed by atoms with Crippen LogP contribution in [0.15, 0.2) is 99.5 Å². The van der Waals surface area contributed by atoms with Gasteiger partial charge >= 0.3 is 0 Å². The minimum Gasteiger partial charge on any atom is -0.467 e. The zero-order valence-electron chi connectivity index (χ0n) is 18.5. The Labute approximate surface area is 210 Å². The second kappa shape index (κ2) is 10.3. The highest BCUT2D eigenvalue weighted by Gasteiger charge is 2.13. The SMILES string of the molecule is O=c1c2ccccc2nc(SCc2ccc(/C=C/c3c(F)cccc3Cl)cc2)n1Cc1ccco1. The molecule has 0 radical (unpaired) electrons. The summed E-state index contributed by atoms with van der Waals surface area (Å²) in [5, 5.41) is 1.58. The van der Waals surface area contributed by atoms with Gasteiger partial charge in [0.2, 0.25) is 0 Å². The van der Waals surface area contributed by atoms with Crippen molar-refractivity contribution in [3.63, 3.8) is 0 Å². The first kappa shape index (κ1) is 23.1. The number of para-hydroxylation sites is 1. The summed E-state index contributed by atoms with van der Waals surface area (Å²) >= 11 is 7.59. The summed E-state index contributed by atoms with van der Waals surface area (Å²) in [6.07, 6.45) is 5.10. The van der Waals surface area contributed by atoms with Crippen molar-refractivity contribution in [3.05, 3.63) is 129 Å². The molecule has 0 N–H and O–H groups in total. The van der Waals surface area contributed by atoms with Crippen LogP contribution in [0, 0.1) is 5.82 Å². The third-order valence-electron chi connectivity index (χ3n) is 5.51. The molecule has 35 heavy (non-hydrogen) atoms. The van der Waals surface area contributed by atoms with E-state index >= 15 is 0 Å². The van der Waals surface area contributed by atoms with Crippen LogP contribution in [0.3, 0.4) is 0 Å². The quantitative estimate of drug-likeness (QED) is 0.133. The van der Waals surface area contributed by atoms with E-state index in [2.05, 4.69) is 0 Å². The number of thioether (sulfide) groups is 1. The van der Waals surface area contributed by atoms with Gasteiger partial charge in [0.1, 0.15) is 11.6 Å². The zero-order valence-corrected chi connectivity index (χ0v) is 20.1. The number of hydrogen-bond acceptors (Lipinski definition) is 4. The molecule has 2 heterocycles. The molecule has 3 aromatic carbocycles. The highest BCUT2D eigenvalue weighted by molar-refractivity contribution is 7.98. The summed E-state index contributed by atoms with van der Waals surface area (Å²) in [6, 6.07) is 23.6. The molecule has 0 fully saturated rings. The second-order valence-corrected chi connectivity index (χ2v) is 9.23. The van der Waals surface area contributed by atoms with E-state index in [0.29, 0.717) is 44.7 Å². The molecule has 5 aromatic rings. The van der Waals surface area contributed by atoms with Crippen molar-refractivity contribution in [1.82, 2.24) is 9.55 Å². The fourth-order valence-corrected chi connectivity index (χ4v) is 4.86. The number of halogens is 2. The molecule has 4 nitrogen and oxygen atoms in total. The Bertz CT molecular complexity index is 1540. The Morgan fingerprint density at radius 2 is 1.80 bits per heavy atom. The van der Waals surface area contributed by atoms with Gasteiger partial charge in [-0.15, -0.1) is 0 Å². The van der Waals surface area contributed by atoms with Gasteiger partial charge in [-0.25, -0.2) is 9.37 Å². The van der Waals surface area contributed by atoms with Gasteiger partial charge in [-0.2, -0.15) is 0 Å². The number of furan rings is 1. The largest absolute Gasteiger partial charge is 0.467 e. The van der Waals surface area contributed by atoms with Gasteiger partial charge < -0.3 is 4.42 Å². The summed E-state index contributed by atoms with van der Waals surface area (Å²) in [7, 11) is 0. The lowest BCUT2D eigenvalue weighted by molar-refractivity contribution is 0.476. The van der Waals surface area contributed by atoms with Crippen molar-refractivity contribution in [2.75, 3.05) is 0 Å². The van der Waals surface area contributed by atoms with Gasteiger partial charge in [-0.3, -0.25) is 9.36 Å². The number of rotatable bonds is 7. The van der Waals surface area contributed by atoms with Gasteiger partial charge in [-0.05, 0) is 53.6 Å². The minimum absolute atomic E-state index is 0.0956. The Kier molecular flexibility index (Phi) is 6.84. The number of aromatic nitrogens is 2. The molecule has 0 saturated carbocycles. The van der Waals surface area contributed by atoms with E-state index in [9.17, 15) is 9.18 Å². The maximum absolute atomic E-state index is 14.0. The number of hydrogen-bond donors (Lipinski definition) is 0. The molecule has 0 bridgehead atoms. The fourth-order valence-electron chi connectivity index (χ4n) is 3.68. The highest BCUT2D eigenvalue weighted by atomic mass is 35.5. The Morgan fingerprint density at radius 3 is 2.57 bits per heavy atom. The van der Waals surface area contributed by atoms with Crippen molar-refractivity contribution in [2.24, 2.45) is 0 Å². The van der Waals surface area contributed by atoms with Crippen LogP contribution in [-0.4, -0.2) is 9.55 Å². The third kappa shape index (κ3) is 5.24. The molecule has 0 unspecified atom stereocenters. The van der Waals surface area contributed by atoms with E-state index in [-0.39, 0.29) is 11.4 Å². The minimum atomic E-state index is -0.356. The summed E-state index contributed by atoms with van der Waals surface area (Å²) < 4.78 is 21.1. The first-order chi connectivity index (χ1) is 17.1. The van der Waals surface area contributed by atoms with E-state index in [4.69, 9.17) is 21.0 Å². The van der Waals surface area contributed by atoms with Crippen LogP contribution < -0.4 is 5.56 Å². The summed E-state index contributed by atoms with van der Waals surface area (Å²) in [6.45, 7) is 0.314. The Balaban J connectivity index is 1.36. The van der Waals surface area contributed by atoms with Gasteiger partial charge in [0.25, 0.3) is 5.56 Å². The summed E-state index contributed by atoms with van der Waals surface area (Å²) in [5.74, 6) is 0.967. The fraction of sp³-hybridized carbons (Fsp3) is 0.0714.